The van der Waals surface area contributed by atoms with E-state index in [4.69, 9.17) is 8.94 Å². The SMILES string of the molecule is Cc1cccc(-c2nc(Cn3nc(C)c4c(C)onc4c3=O)c(C)o2)c1. The van der Waals surface area contributed by atoms with Crippen molar-refractivity contribution in [2.45, 2.75) is 34.2 Å². The van der Waals surface area contributed by atoms with E-state index < -0.39 is 0 Å². The van der Waals surface area contributed by atoms with Crippen molar-refractivity contribution in [3.8, 4) is 11.5 Å². The van der Waals surface area contributed by atoms with Gasteiger partial charge in [0.2, 0.25) is 5.89 Å². The Kier molecular flexibility index (Phi) is 3.72. The molecule has 7 nitrogen and oxygen atoms in total. The molecule has 4 aromatic rings. The van der Waals surface area contributed by atoms with E-state index in [-0.39, 0.29) is 17.6 Å². The molecule has 0 unspecified atom stereocenters. The zero-order valence-corrected chi connectivity index (χ0v) is 15.0. The van der Waals surface area contributed by atoms with Crippen molar-refractivity contribution in [1.82, 2.24) is 19.9 Å². The smallest absolute Gasteiger partial charge is 0.297 e. The fourth-order valence-corrected chi connectivity index (χ4v) is 3.07. The molecule has 0 bridgehead atoms. The van der Waals surface area contributed by atoms with Crippen LogP contribution >= 0.6 is 0 Å². The summed E-state index contributed by atoms with van der Waals surface area (Å²) in [7, 11) is 0. The number of aromatic nitrogens is 4. The summed E-state index contributed by atoms with van der Waals surface area (Å²) in [5.41, 5.74) is 3.36. The van der Waals surface area contributed by atoms with Gasteiger partial charge in [-0.1, -0.05) is 22.9 Å². The highest BCUT2D eigenvalue weighted by molar-refractivity contribution is 5.81. The van der Waals surface area contributed by atoms with E-state index in [0.29, 0.717) is 34.2 Å². The van der Waals surface area contributed by atoms with Gasteiger partial charge in [0, 0.05) is 5.56 Å². The van der Waals surface area contributed by atoms with E-state index in [1.54, 1.807) is 6.92 Å². The maximum absolute atomic E-state index is 12.7. The van der Waals surface area contributed by atoms with E-state index in [0.717, 1.165) is 11.1 Å². The minimum absolute atomic E-state index is 0.211. The number of rotatable bonds is 3. The van der Waals surface area contributed by atoms with Gasteiger partial charge in [-0.05, 0) is 39.8 Å². The second-order valence-electron chi connectivity index (χ2n) is 6.40. The number of hydrogen-bond donors (Lipinski definition) is 0. The topological polar surface area (TPSA) is 87.0 Å². The molecule has 0 radical (unpaired) electrons. The lowest BCUT2D eigenvalue weighted by Gasteiger charge is -2.04. The highest BCUT2D eigenvalue weighted by Crippen LogP contribution is 2.23. The molecule has 0 saturated carbocycles. The molecule has 4 rings (SSSR count). The predicted octanol–water partition coefficient (Wildman–Crippen LogP) is 3.32. The molecule has 7 heteroatoms. The Morgan fingerprint density at radius 1 is 1.12 bits per heavy atom. The average Bonchev–Trinajstić information content (AvgIpc) is 3.16. The number of hydrogen-bond acceptors (Lipinski definition) is 6. The maximum Gasteiger partial charge on any atom is 0.297 e. The zero-order valence-electron chi connectivity index (χ0n) is 15.0. The molecule has 0 amide bonds. The average molecular weight is 350 g/mol. The summed E-state index contributed by atoms with van der Waals surface area (Å²) in [6.45, 7) is 7.66. The van der Waals surface area contributed by atoms with Crippen molar-refractivity contribution in [3.05, 3.63) is 63.1 Å². The Labute approximate surface area is 149 Å². The van der Waals surface area contributed by atoms with Crippen LogP contribution in [0.2, 0.25) is 0 Å². The van der Waals surface area contributed by atoms with Crippen LogP contribution in [0.3, 0.4) is 0 Å². The molecule has 3 aromatic heterocycles. The first-order valence-corrected chi connectivity index (χ1v) is 8.31. The van der Waals surface area contributed by atoms with Gasteiger partial charge in [-0.2, -0.15) is 5.10 Å². The van der Waals surface area contributed by atoms with Crippen molar-refractivity contribution in [2.75, 3.05) is 0 Å². The molecule has 0 N–H and O–H groups in total. The first kappa shape index (κ1) is 16.3. The molecule has 3 heterocycles. The third-order valence-electron chi connectivity index (χ3n) is 4.39. The van der Waals surface area contributed by atoms with Crippen LogP contribution in [0, 0.1) is 27.7 Å². The number of oxazole rings is 1. The standard InChI is InChI=1S/C19H18N4O3/c1-10-6-5-7-14(8-10)18-20-15(12(3)25-18)9-23-19(24)17-16(11(2)21-23)13(4)26-22-17/h5-8H,9H2,1-4H3. The van der Waals surface area contributed by atoms with Gasteiger partial charge >= 0.3 is 0 Å². The van der Waals surface area contributed by atoms with E-state index in [1.165, 1.54) is 4.68 Å². The van der Waals surface area contributed by atoms with E-state index in [1.807, 2.05) is 45.0 Å². The van der Waals surface area contributed by atoms with Gasteiger partial charge in [0.15, 0.2) is 5.52 Å². The molecule has 0 fully saturated rings. The third-order valence-corrected chi connectivity index (χ3v) is 4.39. The van der Waals surface area contributed by atoms with Crippen LogP contribution in [0.15, 0.2) is 38.0 Å². The van der Waals surface area contributed by atoms with E-state index in [9.17, 15) is 4.79 Å². The van der Waals surface area contributed by atoms with Gasteiger partial charge in [-0.3, -0.25) is 4.79 Å². The minimum atomic E-state index is -0.304. The lowest BCUT2D eigenvalue weighted by Crippen LogP contribution is -2.25. The quantitative estimate of drug-likeness (QED) is 0.563. The van der Waals surface area contributed by atoms with Crippen LogP contribution in [0.25, 0.3) is 22.4 Å². The number of fused-ring (bicyclic) bond motifs is 1. The Morgan fingerprint density at radius 2 is 1.92 bits per heavy atom. The summed E-state index contributed by atoms with van der Waals surface area (Å²) in [6, 6.07) is 7.93. The van der Waals surface area contributed by atoms with Gasteiger partial charge < -0.3 is 8.94 Å². The van der Waals surface area contributed by atoms with Crippen LogP contribution in [-0.4, -0.2) is 19.9 Å². The second-order valence-corrected chi connectivity index (χ2v) is 6.40. The Bertz CT molecular complexity index is 1180. The van der Waals surface area contributed by atoms with Gasteiger partial charge in [0.05, 0.1) is 17.6 Å². The van der Waals surface area contributed by atoms with Crippen molar-refractivity contribution in [1.29, 1.82) is 0 Å². The molecule has 0 aliphatic carbocycles. The number of aryl methyl sites for hydroxylation is 4. The van der Waals surface area contributed by atoms with Crippen molar-refractivity contribution in [2.24, 2.45) is 0 Å². The molecule has 132 valence electrons. The van der Waals surface area contributed by atoms with Crippen LogP contribution < -0.4 is 5.56 Å². The fourth-order valence-electron chi connectivity index (χ4n) is 3.07. The lowest BCUT2D eigenvalue weighted by molar-refractivity contribution is 0.405. The van der Waals surface area contributed by atoms with Crippen molar-refractivity contribution < 1.29 is 8.94 Å². The first-order valence-electron chi connectivity index (χ1n) is 8.31. The summed E-state index contributed by atoms with van der Waals surface area (Å²) in [4.78, 5) is 17.2. The molecule has 26 heavy (non-hydrogen) atoms. The minimum Gasteiger partial charge on any atom is -0.441 e. The molecule has 0 spiro atoms. The normalized spacial score (nSPS) is 11.4. The Morgan fingerprint density at radius 3 is 2.69 bits per heavy atom. The number of nitrogens with zero attached hydrogens (tertiary/aromatic N) is 4. The summed E-state index contributed by atoms with van der Waals surface area (Å²) in [6.07, 6.45) is 0. The monoisotopic (exact) mass is 350 g/mol. The Balaban J connectivity index is 1.76. The van der Waals surface area contributed by atoms with Gasteiger partial charge in [-0.15, -0.1) is 0 Å². The van der Waals surface area contributed by atoms with E-state index in [2.05, 4.69) is 15.2 Å². The third kappa shape index (κ3) is 2.61. The first-order chi connectivity index (χ1) is 12.4. The van der Waals surface area contributed by atoms with Gasteiger partial charge in [-0.25, -0.2) is 9.67 Å². The molecular weight excluding hydrogens is 332 g/mol. The van der Waals surface area contributed by atoms with Crippen LogP contribution in [0.1, 0.15) is 28.5 Å². The summed E-state index contributed by atoms with van der Waals surface area (Å²) < 4.78 is 12.3. The molecule has 0 saturated heterocycles. The van der Waals surface area contributed by atoms with Crippen LogP contribution in [-0.2, 0) is 6.54 Å². The summed E-state index contributed by atoms with van der Waals surface area (Å²) in [5, 5.41) is 8.93. The second kappa shape index (κ2) is 5.94. The van der Waals surface area contributed by atoms with E-state index >= 15 is 0 Å². The van der Waals surface area contributed by atoms with Crippen LogP contribution in [0.4, 0.5) is 0 Å². The molecule has 1 aromatic carbocycles. The lowest BCUT2D eigenvalue weighted by atomic mass is 10.1. The molecular formula is C19H18N4O3. The maximum atomic E-state index is 12.7. The Hall–Kier alpha value is -3.22. The van der Waals surface area contributed by atoms with Gasteiger partial charge in [0.1, 0.15) is 17.2 Å². The largest absolute Gasteiger partial charge is 0.441 e. The highest BCUT2D eigenvalue weighted by atomic mass is 16.5. The fraction of sp³-hybridized carbons (Fsp3) is 0.263. The zero-order chi connectivity index (χ0) is 18.4. The van der Waals surface area contributed by atoms with Crippen molar-refractivity contribution in [3.63, 3.8) is 0 Å². The molecule has 0 atom stereocenters. The summed E-state index contributed by atoms with van der Waals surface area (Å²) in [5.74, 6) is 1.78. The summed E-state index contributed by atoms with van der Waals surface area (Å²) >= 11 is 0. The van der Waals surface area contributed by atoms with Crippen molar-refractivity contribution >= 4 is 10.9 Å². The van der Waals surface area contributed by atoms with Gasteiger partial charge in [0.25, 0.3) is 5.56 Å². The molecule has 0 aliphatic rings. The predicted molar refractivity (Wildman–Crippen MR) is 96.1 cm³/mol. The number of benzene rings is 1. The molecule has 0 aliphatic heterocycles. The van der Waals surface area contributed by atoms with Crippen LogP contribution in [0.5, 0.6) is 0 Å². The highest BCUT2D eigenvalue weighted by Gasteiger charge is 2.18.